The number of ether oxygens (including phenoxy) is 1. The van der Waals surface area contributed by atoms with Crippen LogP contribution in [0.4, 0.5) is 18.0 Å². The minimum absolute atomic E-state index is 0.201. The summed E-state index contributed by atoms with van der Waals surface area (Å²) in [6.45, 7) is 4.73. The number of hydrogen-bond donors (Lipinski definition) is 2. The smallest absolute Gasteiger partial charge is 0.416 e. The fraction of sp³-hybridized carbons (Fsp3) is 0.429. The van der Waals surface area contributed by atoms with Crippen LogP contribution < -0.4 is 5.32 Å². The van der Waals surface area contributed by atoms with E-state index in [4.69, 9.17) is 9.84 Å². The van der Waals surface area contributed by atoms with Gasteiger partial charge in [0.2, 0.25) is 0 Å². The Morgan fingerprint density at radius 2 is 1.82 bits per heavy atom. The van der Waals surface area contributed by atoms with E-state index < -0.39 is 35.4 Å². The molecule has 0 aromatic heterocycles. The third-order valence-corrected chi connectivity index (χ3v) is 2.46. The van der Waals surface area contributed by atoms with E-state index in [9.17, 15) is 22.8 Å². The van der Waals surface area contributed by atoms with Crippen LogP contribution in [0.2, 0.25) is 0 Å². The third kappa shape index (κ3) is 5.27. The Morgan fingerprint density at radius 1 is 1.23 bits per heavy atom. The molecule has 0 fully saturated rings. The molecule has 22 heavy (non-hydrogen) atoms. The highest BCUT2D eigenvalue weighted by molar-refractivity contribution is 5.81. The van der Waals surface area contributed by atoms with Gasteiger partial charge in [0.15, 0.2) is 6.04 Å². The second kappa shape index (κ2) is 6.25. The molecule has 0 aliphatic carbocycles. The molecular formula is C14H16F3NO4. The van der Waals surface area contributed by atoms with Crippen molar-refractivity contribution in [3.63, 3.8) is 0 Å². The van der Waals surface area contributed by atoms with Crippen LogP contribution in [0.5, 0.6) is 0 Å². The Morgan fingerprint density at radius 3 is 2.27 bits per heavy atom. The van der Waals surface area contributed by atoms with E-state index in [0.29, 0.717) is 6.07 Å². The molecule has 5 nitrogen and oxygen atoms in total. The molecule has 0 saturated carbocycles. The van der Waals surface area contributed by atoms with Gasteiger partial charge in [0.25, 0.3) is 0 Å². The molecule has 1 amide bonds. The summed E-state index contributed by atoms with van der Waals surface area (Å²) >= 11 is 0. The second-order valence-electron chi connectivity index (χ2n) is 5.54. The molecule has 0 radical (unpaired) electrons. The van der Waals surface area contributed by atoms with Crippen LogP contribution in [0.1, 0.15) is 37.9 Å². The molecule has 0 saturated heterocycles. The van der Waals surface area contributed by atoms with Gasteiger partial charge in [-0.05, 0) is 38.5 Å². The quantitative estimate of drug-likeness (QED) is 0.896. The fourth-order valence-electron chi connectivity index (χ4n) is 1.61. The van der Waals surface area contributed by atoms with E-state index in [1.807, 2.05) is 5.32 Å². The number of halogens is 3. The number of carbonyl (C=O) groups excluding carboxylic acids is 1. The highest BCUT2D eigenvalue weighted by Crippen LogP contribution is 2.30. The van der Waals surface area contributed by atoms with Crippen LogP contribution in [0.25, 0.3) is 0 Å². The Bertz CT molecular complexity index is 564. The number of carboxylic acids is 1. The average Bonchev–Trinajstić information content (AvgIpc) is 2.32. The number of carbonyl (C=O) groups is 2. The van der Waals surface area contributed by atoms with Gasteiger partial charge in [-0.15, -0.1) is 0 Å². The van der Waals surface area contributed by atoms with Crippen molar-refractivity contribution in [2.45, 2.75) is 38.6 Å². The lowest BCUT2D eigenvalue weighted by atomic mass is 10.0. The van der Waals surface area contributed by atoms with E-state index in [1.54, 1.807) is 20.8 Å². The number of nitrogens with one attached hydrogen (secondary N) is 1. The fourth-order valence-corrected chi connectivity index (χ4v) is 1.61. The normalized spacial score (nSPS) is 13.4. The van der Waals surface area contributed by atoms with Crippen molar-refractivity contribution in [2.24, 2.45) is 0 Å². The monoisotopic (exact) mass is 319 g/mol. The van der Waals surface area contributed by atoms with Crippen LogP contribution in [-0.4, -0.2) is 22.8 Å². The van der Waals surface area contributed by atoms with Gasteiger partial charge in [-0.2, -0.15) is 13.2 Å². The average molecular weight is 319 g/mol. The van der Waals surface area contributed by atoms with Crippen molar-refractivity contribution in [1.29, 1.82) is 0 Å². The lowest BCUT2D eigenvalue weighted by Crippen LogP contribution is -2.38. The van der Waals surface area contributed by atoms with E-state index in [-0.39, 0.29) is 5.56 Å². The van der Waals surface area contributed by atoms with Crippen molar-refractivity contribution in [3.05, 3.63) is 35.4 Å². The molecule has 0 bridgehead atoms. The van der Waals surface area contributed by atoms with Gasteiger partial charge in [-0.3, -0.25) is 0 Å². The number of aliphatic carboxylic acids is 1. The molecule has 0 aliphatic rings. The van der Waals surface area contributed by atoms with Crippen LogP contribution >= 0.6 is 0 Å². The zero-order valence-electron chi connectivity index (χ0n) is 12.2. The van der Waals surface area contributed by atoms with Gasteiger partial charge in [0.05, 0.1) is 5.56 Å². The van der Waals surface area contributed by atoms with Gasteiger partial charge < -0.3 is 15.2 Å². The van der Waals surface area contributed by atoms with Crippen molar-refractivity contribution in [3.8, 4) is 0 Å². The highest BCUT2D eigenvalue weighted by Gasteiger charge is 2.32. The molecule has 2 N–H and O–H groups in total. The standard InChI is InChI=1S/C14H16F3NO4/c1-13(2,3)22-12(21)18-10(11(19)20)8-5-4-6-9(7-8)14(15,16)17/h4-7,10H,1-3H3,(H,18,21)(H,19,20)/t10-/m0/s1. The number of amides is 1. The van der Waals surface area contributed by atoms with Gasteiger partial charge >= 0.3 is 18.2 Å². The van der Waals surface area contributed by atoms with E-state index in [0.717, 1.165) is 12.1 Å². The summed E-state index contributed by atoms with van der Waals surface area (Å²) in [7, 11) is 0. The highest BCUT2D eigenvalue weighted by atomic mass is 19.4. The number of alkyl halides is 3. The maximum absolute atomic E-state index is 12.7. The first-order valence-corrected chi connectivity index (χ1v) is 6.29. The molecule has 0 unspecified atom stereocenters. The summed E-state index contributed by atoms with van der Waals surface area (Å²) in [6, 6.07) is 2.11. The lowest BCUT2D eigenvalue weighted by molar-refractivity contribution is -0.140. The minimum atomic E-state index is -4.61. The molecule has 1 aromatic rings. The van der Waals surface area contributed by atoms with Crippen LogP contribution in [0.15, 0.2) is 24.3 Å². The molecule has 0 heterocycles. The van der Waals surface area contributed by atoms with Gasteiger partial charge in [0.1, 0.15) is 5.60 Å². The van der Waals surface area contributed by atoms with E-state index in [2.05, 4.69) is 0 Å². The van der Waals surface area contributed by atoms with Crippen LogP contribution in [0.3, 0.4) is 0 Å². The summed E-state index contributed by atoms with van der Waals surface area (Å²) in [4.78, 5) is 22.8. The SMILES string of the molecule is CC(C)(C)OC(=O)N[C@H](C(=O)O)c1cccc(C(F)(F)F)c1. The molecule has 1 aromatic carbocycles. The number of rotatable bonds is 3. The van der Waals surface area contributed by atoms with Crippen molar-refractivity contribution < 1.29 is 32.6 Å². The number of carboxylic acid groups (broad SMARTS) is 1. The Kier molecular flexibility index (Phi) is 5.05. The lowest BCUT2D eigenvalue weighted by Gasteiger charge is -2.22. The Hall–Kier alpha value is -2.25. The number of benzene rings is 1. The van der Waals surface area contributed by atoms with E-state index >= 15 is 0 Å². The van der Waals surface area contributed by atoms with Gasteiger partial charge in [-0.1, -0.05) is 12.1 Å². The largest absolute Gasteiger partial charge is 0.479 e. The first kappa shape index (κ1) is 17.8. The molecule has 0 spiro atoms. The zero-order valence-corrected chi connectivity index (χ0v) is 12.2. The Balaban J connectivity index is 3.02. The first-order chi connectivity index (χ1) is 9.90. The third-order valence-electron chi connectivity index (χ3n) is 2.46. The maximum Gasteiger partial charge on any atom is 0.416 e. The predicted octanol–water partition coefficient (Wildman–Crippen LogP) is 3.36. The zero-order chi connectivity index (χ0) is 17.1. The summed E-state index contributed by atoms with van der Waals surface area (Å²) in [5, 5.41) is 11.2. The van der Waals surface area contributed by atoms with Gasteiger partial charge in [0, 0.05) is 0 Å². The van der Waals surface area contributed by atoms with Crippen molar-refractivity contribution in [1.82, 2.24) is 5.32 Å². The van der Waals surface area contributed by atoms with Crippen molar-refractivity contribution in [2.75, 3.05) is 0 Å². The molecule has 1 atom stereocenters. The molecule has 8 heteroatoms. The van der Waals surface area contributed by atoms with E-state index in [1.165, 1.54) is 6.07 Å². The Labute approximate surface area is 125 Å². The van der Waals surface area contributed by atoms with Crippen molar-refractivity contribution >= 4 is 12.1 Å². The molecule has 122 valence electrons. The molecular weight excluding hydrogens is 303 g/mol. The maximum atomic E-state index is 12.7. The van der Waals surface area contributed by atoms with Crippen LogP contribution in [0, 0.1) is 0 Å². The minimum Gasteiger partial charge on any atom is -0.479 e. The summed E-state index contributed by atoms with van der Waals surface area (Å²) in [5.74, 6) is -1.50. The number of hydrogen-bond acceptors (Lipinski definition) is 3. The molecule has 1 rings (SSSR count). The summed E-state index contributed by atoms with van der Waals surface area (Å²) in [5.41, 5.74) is -2.06. The topological polar surface area (TPSA) is 75.6 Å². The summed E-state index contributed by atoms with van der Waals surface area (Å²) in [6.07, 6.45) is -5.64. The molecule has 0 aliphatic heterocycles. The van der Waals surface area contributed by atoms with Crippen LogP contribution in [-0.2, 0) is 15.7 Å². The van der Waals surface area contributed by atoms with Gasteiger partial charge in [-0.25, -0.2) is 9.59 Å². The second-order valence-corrected chi connectivity index (χ2v) is 5.54. The predicted molar refractivity (Wildman–Crippen MR) is 71.2 cm³/mol. The first-order valence-electron chi connectivity index (χ1n) is 6.29. The number of alkyl carbamates (subject to hydrolysis) is 1. The summed E-state index contributed by atoms with van der Waals surface area (Å²) < 4.78 is 42.9.